The second-order valence-corrected chi connectivity index (χ2v) is 7.38. The highest BCUT2D eigenvalue weighted by Crippen LogP contribution is 2.20. The van der Waals surface area contributed by atoms with E-state index in [0.29, 0.717) is 6.42 Å². The fourth-order valence-corrected chi connectivity index (χ4v) is 3.81. The zero-order chi connectivity index (χ0) is 19.5. The quantitative estimate of drug-likeness (QED) is 0.612. The summed E-state index contributed by atoms with van der Waals surface area (Å²) in [5, 5.41) is 0. The Kier molecular flexibility index (Phi) is 5.44. The smallest absolute Gasteiger partial charge is 0.181 e. The molecule has 5 nitrogen and oxygen atoms in total. The molecule has 0 bridgehead atoms. The number of hydrogen-bond donors (Lipinski definition) is 0. The Labute approximate surface area is 166 Å². The maximum absolute atomic E-state index is 13.0. The minimum Gasteiger partial charge on any atom is -0.378 e. The maximum atomic E-state index is 13.0. The maximum Gasteiger partial charge on any atom is 0.181 e. The fraction of sp³-hybridized carbons (Fsp3) is 0.391. The molecule has 1 saturated heterocycles. The third kappa shape index (κ3) is 3.80. The van der Waals surface area contributed by atoms with E-state index >= 15 is 0 Å². The van der Waals surface area contributed by atoms with Gasteiger partial charge in [-0.25, -0.2) is 4.98 Å². The Morgan fingerprint density at radius 1 is 1.14 bits per heavy atom. The van der Waals surface area contributed by atoms with Crippen molar-refractivity contribution in [2.75, 3.05) is 31.2 Å². The van der Waals surface area contributed by atoms with Gasteiger partial charge >= 0.3 is 0 Å². The first-order valence-corrected chi connectivity index (χ1v) is 10.1. The number of aryl methyl sites for hydroxylation is 3. The van der Waals surface area contributed by atoms with Gasteiger partial charge in [0, 0.05) is 31.4 Å². The molecule has 28 heavy (non-hydrogen) atoms. The summed E-state index contributed by atoms with van der Waals surface area (Å²) < 4.78 is 7.36. The Hall–Kier alpha value is -2.66. The number of anilines is 1. The number of morpholine rings is 1. The predicted octanol–water partition coefficient (Wildman–Crippen LogP) is 3.86. The molecule has 0 radical (unpaired) electrons. The summed E-state index contributed by atoms with van der Waals surface area (Å²) in [5.74, 6) is 0.158. The first-order chi connectivity index (χ1) is 13.7. The zero-order valence-corrected chi connectivity index (χ0v) is 16.6. The van der Waals surface area contributed by atoms with Crippen molar-refractivity contribution in [2.45, 2.75) is 33.1 Å². The van der Waals surface area contributed by atoms with Crippen molar-refractivity contribution in [2.24, 2.45) is 0 Å². The number of ether oxygens (including phenoxy) is 1. The number of pyridine rings is 1. The molecule has 1 aliphatic rings. The largest absolute Gasteiger partial charge is 0.378 e. The van der Waals surface area contributed by atoms with Gasteiger partial charge in [-0.15, -0.1) is 0 Å². The SMILES string of the molecule is CCc1nc2cc(C)ccn2c1C(=O)CCc1ccc(N2CCOCC2)cc1. The molecule has 0 amide bonds. The molecular weight excluding hydrogens is 350 g/mol. The van der Waals surface area contributed by atoms with Crippen LogP contribution in [0.4, 0.5) is 5.69 Å². The van der Waals surface area contributed by atoms with Crippen molar-refractivity contribution < 1.29 is 9.53 Å². The van der Waals surface area contributed by atoms with Gasteiger partial charge in [0.15, 0.2) is 5.78 Å². The minimum atomic E-state index is 0.158. The number of aromatic nitrogens is 2. The Morgan fingerprint density at radius 2 is 1.89 bits per heavy atom. The third-order valence-corrected chi connectivity index (χ3v) is 5.41. The average Bonchev–Trinajstić information content (AvgIpc) is 3.10. The summed E-state index contributed by atoms with van der Waals surface area (Å²) in [7, 11) is 0. The molecule has 0 saturated carbocycles. The standard InChI is InChI=1S/C23H27N3O2/c1-3-20-23(26-11-10-17(2)16-22(26)24-20)21(27)9-6-18-4-7-19(8-5-18)25-12-14-28-15-13-25/h4-5,7-8,10-11,16H,3,6,9,12-15H2,1-2H3. The number of nitrogens with zero attached hydrogens (tertiary/aromatic N) is 3. The molecule has 3 aromatic rings. The number of imidazole rings is 1. The molecule has 5 heteroatoms. The highest BCUT2D eigenvalue weighted by molar-refractivity contribution is 5.96. The molecule has 0 spiro atoms. The number of Topliss-reactive ketones (excluding diaryl/α,β-unsaturated/α-hetero) is 1. The van der Waals surface area contributed by atoms with E-state index in [-0.39, 0.29) is 5.78 Å². The Bertz CT molecular complexity index is 969. The van der Waals surface area contributed by atoms with Crippen molar-refractivity contribution in [1.82, 2.24) is 9.38 Å². The number of rotatable bonds is 6. The average molecular weight is 377 g/mol. The molecule has 3 heterocycles. The second kappa shape index (κ2) is 8.15. The van der Waals surface area contributed by atoms with Crippen LogP contribution in [0, 0.1) is 6.92 Å². The van der Waals surface area contributed by atoms with Crippen LogP contribution < -0.4 is 4.90 Å². The lowest BCUT2D eigenvalue weighted by Gasteiger charge is -2.28. The topological polar surface area (TPSA) is 46.8 Å². The first kappa shape index (κ1) is 18.7. The number of ketones is 1. The van der Waals surface area contributed by atoms with Gasteiger partial charge in [0.25, 0.3) is 0 Å². The van der Waals surface area contributed by atoms with E-state index in [2.05, 4.69) is 41.1 Å². The van der Waals surface area contributed by atoms with Crippen LogP contribution in [0.3, 0.4) is 0 Å². The number of fused-ring (bicyclic) bond motifs is 1. The predicted molar refractivity (Wildman–Crippen MR) is 111 cm³/mol. The van der Waals surface area contributed by atoms with Crippen LogP contribution in [0.25, 0.3) is 5.65 Å². The lowest BCUT2D eigenvalue weighted by Crippen LogP contribution is -2.36. The monoisotopic (exact) mass is 377 g/mol. The molecule has 146 valence electrons. The molecule has 1 fully saturated rings. The van der Waals surface area contributed by atoms with Gasteiger partial charge in [0.2, 0.25) is 0 Å². The van der Waals surface area contributed by atoms with Gasteiger partial charge in [0.05, 0.1) is 18.9 Å². The molecule has 0 aliphatic carbocycles. The van der Waals surface area contributed by atoms with E-state index in [0.717, 1.165) is 61.7 Å². The summed E-state index contributed by atoms with van der Waals surface area (Å²) >= 11 is 0. The number of hydrogen-bond acceptors (Lipinski definition) is 4. The van der Waals surface area contributed by atoms with E-state index in [9.17, 15) is 4.79 Å². The fourth-order valence-electron chi connectivity index (χ4n) is 3.81. The molecule has 0 unspecified atom stereocenters. The van der Waals surface area contributed by atoms with Gasteiger partial charge in [-0.05, 0) is 55.2 Å². The van der Waals surface area contributed by atoms with Gasteiger partial charge < -0.3 is 9.64 Å². The van der Waals surface area contributed by atoms with Crippen LogP contribution >= 0.6 is 0 Å². The number of carbonyl (C=O) groups is 1. The van der Waals surface area contributed by atoms with Crippen LogP contribution in [0.2, 0.25) is 0 Å². The first-order valence-electron chi connectivity index (χ1n) is 10.1. The minimum absolute atomic E-state index is 0.158. The Balaban J connectivity index is 1.46. The van der Waals surface area contributed by atoms with Crippen molar-refractivity contribution in [1.29, 1.82) is 0 Å². The van der Waals surface area contributed by atoms with Crippen LogP contribution in [0.5, 0.6) is 0 Å². The highest BCUT2D eigenvalue weighted by atomic mass is 16.5. The van der Waals surface area contributed by atoms with E-state index in [1.54, 1.807) is 0 Å². The van der Waals surface area contributed by atoms with Crippen LogP contribution in [-0.4, -0.2) is 41.5 Å². The normalized spacial score (nSPS) is 14.6. The van der Waals surface area contributed by atoms with Gasteiger partial charge in [-0.1, -0.05) is 19.1 Å². The van der Waals surface area contributed by atoms with Crippen LogP contribution in [0.15, 0.2) is 42.6 Å². The van der Waals surface area contributed by atoms with Crippen molar-refractivity contribution in [3.05, 3.63) is 65.1 Å². The lowest BCUT2D eigenvalue weighted by molar-refractivity contribution is 0.0976. The molecule has 4 rings (SSSR count). The lowest BCUT2D eigenvalue weighted by atomic mass is 10.0. The van der Waals surface area contributed by atoms with Crippen molar-refractivity contribution in [3.63, 3.8) is 0 Å². The summed E-state index contributed by atoms with van der Waals surface area (Å²) in [6.45, 7) is 7.54. The summed E-state index contributed by atoms with van der Waals surface area (Å²) in [4.78, 5) is 20.0. The third-order valence-electron chi connectivity index (χ3n) is 5.41. The van der Waals surface area contributed by atoms with E-state index in [1.807, 2.05) is 29.7 Å². The molecular formula is C23H27N3O2. The molecule has 1 aliphatic heterocycles. The summed E-state index contributed by atoms with van der Waals surface area (Å²) in [5.41, 5.74) is 6.05. The van der Waals surface area contributed by atoms with Crippen molar-refractivity contribution in [3.8, 4) is 0 Å². The second-order valence-electron chi connectivity index (χ2n) is 7.38. The molecule has 2 aromatic heterocycles. The van der Waals surface area contributed by atoms with Gasteiger partial charge in [-0.2, -0.15) is 0 Å². The van der Waals surface area contributed by atoms with Crippen molar-refractivity contribution >= 4 is 17.1 Å². The van der Waals surface area contributed by atoms with E-state index in [1.165, 1.54) is 11.3 Å². The summed E-state index contributed by atoms with van der Waals surface area (Å²) in [6.07, 6.45) is 3.95. The molecule has 0 N–H and O–H groups in total. The van der Waals surface area contributed by atoms with E-state index < -0.39 is 0 Å². The Morgan fingerprint density at radius 3 is 2.61 bits per heavy atom. The number of carbonyl (C=O) groups excluding carboxylic acids is 1. The summed E-state index contributed by atoms with van der Waals surface area (Å²) in [6, 6.07) is 12.6. The molecule has 0 atom stereocenters. The number of benzene rings is 1. The van der Waals surface area contributed by atoms with Gasteiger partial charge in [0.1, 0.15) is 11.3 Å². The zero-order valence-electron chi connectivity index (χ0n) is 16.6. The highest BCUT2D eigenvalue weighted by Gasteiger charge is 2.18. The van der Waals surface area contributed by atoms with E-state index in [4.69, 9.17) is 4.74 Å². The van der Waals surface area contributed by atoms with Gasteiger partial charge in [-0.3, -0.25) is 9.20 Å². The molecule has 1 aromatic carbocycles. The van der Waals surface area contributed by atoms with Crippen LogP contribution in [-0.2, 0) is 17.6 Å². The van der Waals surface area contributed by atoms with Crippen LogP contribution in [0.1, 0.15) is 40.7 Å².